The molecule has 1 amide bonds. The minimum absolute atomic E-state index is 0.0767. The number of hydrogen-bond acceptors (Lipinski definition) is 5. The number of hydrogen-bond donors (Lipinski definition) is 1. The Hall–Kier alpha value is -2.31. The second kappa shape index (κ2) is 9.94. The molecule has 0 bridgehead atoms. The van der Waals surface area contributed by atoms with E-state index in [1.165, 1.54) is 0 Å². The van der Waals surface area contributed by atoms with E-state index < -0.39 is 0 Å². The maximum absolute atomic E-state index is 12.4. The van der Waals surface area contributed by atoms with Gasteiger partial charge in [-0.2, -0.15) is 0 Å². The second-order valence-electron chi connectivity index (χ2n) is 7.49. The first-order valence-corrected chi connectivity index (χ1v) is 10.4. The van der Waals surface area contributed by atoms with Gasteiger partial charge in [-0.25, -0.2) is 0 Å². The first-order chi connectivity index (χ1) is 14.0. The first kappa shape index (κ1) is 21.4. The number of ether oxygens (including phenoxy) is 2. The van der Waals surface area contributed by atoms with E-state index in [0.717, 1.165) is 78.4 Å². The van der Waals surface area contributed by atoms with Crippen molar-refractivity contribution in [2.75, 3.05) is 46.0 Å². The molecule has 1 N–H and O–H groups in total. The molecule has 0 saturated carbocycles. The molecule has 6 heteroatoms. The first-order valence-electron chi connectivity index (χ1n) is 10.4. The molecule has 0 radical (unpaired) electrons. The number of nitrogens with one attached hydrogen (secondary N) is 1. The lowest BCUT2D eigenvalue weighted by Gasteiger charge is -2.26. The number of nitrogens with zero attached hydrogens (tertiary/aromatic N) is 1. The standard InChI is InChI=1S/C23H32N2O4/c1-5-28-21-15-22-20(17(3)18(4)29-22)14-19(21)16(2)13-23(26)24-7-6-8-25-9-11-27-12-10-25/h13-15H,5-12H2,1-4H3,(H,24,26)/b16-13+. The van der Waals surface area contributed by atoms with Gasteiger partial charge < -0.3 is 19.2 Å². The highest BCUT2D eigenvalue weighted by atomic mass is 16.5. The highest BCUT2D eigenvalue weighted by molar-refractivity contribution is 5.97. The Labute approximate surface area is 172 Å². The highest BCUT2D eigenvalue weighted by Gasteiger charge is 2.15. The molecular weight excluding hydrogens is 368 g/mol. The van der Waals surface area contributed by atoms with Crippen LogP contribution < -0.4 is 10.1 Å². The zero-order chi connectivity index (χ0) is 20.8. The minimum Gasteiger partial charge on any atom is -0.493 e. The Balaban J connectivity index is 1.65. The van der Waals surface area contributed by atoms with Crippen LogP contribution in [0.4, 0.5) is 0 Å². The summed E-state index contributed by atoms with van der Waals surface area (Å²) in [5, 5.41) is 4.05. The summed E-state index contributed by atoms with van der Waals surface area (Å²) < 4.78 is 17.0. The van der Waals surface area contributed by atoms with E-state index in [2.05, 4.69) is 16.3 Å². The van der Waals surface area contributed by atoms with Crippen LogP contribution in [-0.4, -0.2) is 56.8 Å². The zero-order valence-electron chi connectivity index (χ0n) is 18.0. The fourth-order valence-corrected chi connectivity index (χ4v) is 3.62. The maximum atomic E-state index is 12.4. The molecule has 6 nitrogen and oxygen atoms in total. The Kier molecular flexibility index (Phi) is 7.34. The smallest absolute Gasteiger partial charge is 0.244 e. The van der Waals surface area contributed by atoms with Crippen LogP contribution in [0.25, 0.3) is 16.5 Å². The van der Waals surface area contributed by atoms with Gasteiger partial charge in [0.15, 0.2) is 0 Å². The number of fused-ring (bicyclic) bond motifs is 1. The van der Waals surface area contributed by atoms with Crippen molar-refractivity contribution < 1.29 is 18.7 Å². The van der Waals surface area contributed by atoms with Crippen LogP contribution in [0.2, 0.25) is 0 Å². The maximum Gasteiger partial charge on any atom is 0.244 e. The number of allylic oxidation sites excluding steroid dienone is 1. The summed E-state index contributed by atoms with van der Waals surface area (Å²) >= 11 is 0. The predicted molar refractivity (Wildman–Crippen MR) is 115 cm³/mol. The molecule has 0 aliphatic carbocycles. The number of aryl methyl sites for hydroxylation is 2. The monoisotopic (exact) mass is 400 g/mol. The number of benzene rings is 1. The summed E-state index contributed by atoms with van der Waals surface area (Å²) in [7, 11) is 0. The second-order valence-corrected chi connectivity index (χ2v) is 7.49. The van der Waals surface area contributed by atoms with Crippen LogP contribution in [0.15, 0.2) is 22.6 Å². The van der Waals surface area contributed by atoms with Crippen LogP contribution in [-0.2, 0) is 9.53 Å². The lowest BCUT2D eigenvalue weighted by atomic mass is 10.0. The Bertz CT molecular complexity index is 879. The molecule has 1 saturated heterocycles. The van der Waals surface area contributed by atoms with Gasteiger partial charge in [0.1, 0.15) is 17.1 Å². The molecule has 0 unspecified atom stereocenters. The van der Waals surface area contributed by atoms with Gasteiger partial charge >= 0.3 is 0 Å². The third kappa shape index (κ3) is 5.40. The molecule has 2 aromatic rings. The molecule has 1 fully saturated rings. The van der Waals surface area contributed by atoms with E-state index in [1.807, 2.05) is 33.8 Å². The number of furan rings is 1. The number of morpholine rings is 1. The van der Waals surface area contributed by atoms with Gasteiger partial charge in [0.25, 0.3) is 0 Å². The van der Waals surface area contributed by atoms with Crippen molar-refractivity contribution in [2.45, 2.75) is 34.1 Å². The van der Waals surface area contributed by atoms with Crippen LogP contribution in [0.3, 0.4) is 0 Å². The molecule has 29 heavy (non-hydrogen) atoms. The molecule has 1 aliphatic heterocycles. The van der Waals surface area contributed by atoms with Crippen molar-refractivity contribution >= 4 is 22.4 Å². The van der Waals surface area contributed by atoms with E-state index >= 15 is 0 Å². The highest BCUT2D eigenvalue weighted by Crippen LogP contribution is 2.34. The number of carbonyl (C=O) groups is 1. The van der Waals surface area contributed by atoms with Gasteiger partial charge in [-0.3, -0.25) is 9.69 Å². The Morgan fingerprint density at radius 1 is 1.28 bits per heavy atom. The molecule has 1 aromatic heterocycles. The van der Waals surface area contributed by atoms with Gasteiger partial charge in [0.2, 0.25) is 5.91 Å². The molecule has 0 spiro atoms. The zero-order valence-corrected chi connectivity index (χ0v) is 18.0. The van der Waals surface area contributed by atoms with Crippen molar-refractivity contribution in [3.63, 3.8) is 0 Å². The predicted octanol–water partition coefficient (Wildman–Crippen LogP) is 3.69. The van der Waals surface area contributed by atoms with Gasteiger partial charge in [-0.05, 0) is 57.9 Å². The van der Waals surface area contributed by atoms with Crippen molar-refractivity contribution in [2.24, 2.45) is 0 Å². The number of rotatable bonds is 8. The van der Waals surface area contributed by atoms with Crippen LogP contribution in [0.5, 0.6) is 5.75 Å². The third-order valence-corrected chi connectivity index (χ3v) is 5.40. The van der Waals surface area contributed by atoms with Gasteiger partial charge in [0.05, 0.1) is 19.8 Å². The van der Waals surface area contributed by atoms with Crippen LogP contribution >= 0.6 is 0 Å². The molecule has 1 aliphatic rings. The van der Waals surface area contributed by atoms with Crippen molar-refractivity contribution in [1.82, 2.24) is 10.2 Å². The quantitative estimate of drug-likeness (QED) is 0.541. The van der Waals surface area contributed by atoms with E-state index in [4.69, 9.17) is 13.9 Å². The summed E-state index contributed by atoms with van der Waals surface area (Å²) in [6, 6.07) is 3.98. The number of amides is 1. The van der Waals surface area contributed by atoms with E-state index in [-0.39, 0.29) is 5.91 Å². The summed E-state index contributed by atoms with van der Waals surface area (Å²) in [6.45, 7) is 13.7. The topological polar surface area (TPSA) is 63.9 Å². The minimum atomic E-state index is -0.0767. The fraction of sp³-hybridized carbons (Fsp3) is 0.522. The van der Waals surface area contributed by atoms with Crippen LogP contribution in [0.1, 0.15) is 37.2 Å². The molecule has 3 rings (SSSR count). The summed E-state index contributed by atoms with van der Waals surface area (Å²) in [6.07, 6.45) is 2.59. The molecule has 0 atom stereocenters. The lowest BCUT2D eigenvalue weighted by molar-refractivity contribution is -0.116. The summed E-state index contributed by atoms with van der Waals surface area (Å²) in [4.78, 5) is 14.8. The molecule has 1 aromatic carbocycles. The van der Waals surface area contributed by atoms with Gasteiger partial charge in [-0.15, -0.1) is 0 Å². The molecule has 2 heterocycles. The third-order valence-electron chi connectivity index (χ3n) is 5.40. The van der Waals surface area contributed by atoms with E-state index in [1.54, 1.807) is 6.08 Å². The SMILES string of the molecule is CCOc1cc2oc(C)c(C)c2cc1/C(C)=C/C(=O)NCCCN1CCOCC1. The van der Waals surface area contributed by atoms with E-state index in [9.17, 15) is 4.79 Å². The average Bonchev–Trinajstić information content (AvgIpc) is 2.99. The molecule has 158 valence electrons. The average molecular weight is 401 g/mol. The fourth-order valence-electron chi connectivity index (χ4n) is 3.62. The van der Waals surface area contributed by atoms with Gasteiger partial charge in [0, 0.05) is 42.7 Å². The lowest BCUT2D eigenvalue weighted by Crippen LogP contribution is -2.38. The van der Waals surface area contributed by atoms with E-state index in [0.29, 0.717) is 13.2 Å². The van der Waals surface area contributed by atoms with Crippen molar-refractivity contribution in [3.05, 3.63) is 35.1 Å². The number of carbonyl (C=O) groups excluding carboxylic acids is 1. The Morgan fingerprint density at radius 3 is 2.76 bits per heavy atom. The van der Waals surface area contributed by atoms with Gasteiger partial charge in [-0.1, -0.05) is 0 Å². The largest absolute Gasteiger partial charge is 0.493 e. The Morgan fingerprint density at radius 2 is 2.03 bits per heavy atom. The van der Waals surface area contributed by atoms with Crippen molar-refractivity contribution in [1.29, 1.82) is 0 Å². The summed E-state index contributed by atoms with van der Waals surface area (Å²) in [5.74, 6) is 1.56. The summed E-state index contributed by atoms with van der Waals surface area (Å²) in [5.41, 5.74) is 3.73. The van der Waals surface area contributed by atoms with Crippen molar-refractivity contribution in [3.8, 4) is 5.75 Å². The molecular formula is C23H32N2O4. The van der Waals surface area contributed by atoms with Crippen LogP contribution in [0, 0.1) is 13.8 Å². The normalized spacial score (nSPS) is 15.7.